The van der Waals surface area contributed by atoms with E-state index in [1.807, 2.05) is 47.0 Å². The Kier molecular flexibility index (Phi) is 6.38. The summed E-state index contributed by atoms with van der Waals surface area (Å²) >= 11 is 1.25. The molecule has 0 radical (unpaired) electrons. The maximum atomic E-state index is 12.2. The zero-order valence-corrected chi connectivity index (χ0v) is 16.3. The molecule has 3 amide bonds. The Labute approximate surface area is 166 Å². The Morgan fingerprint density at radius 1 is 1.11 bits per heavy atom. The monoisotopic (exact) mass is 396 g/mol. The van der Waals surface area contributed by atoms with Crippen molar-refractivity contribution in [3.05, 3.63) is 60.4 Å². The van der Waals surface area contributed by atoms with Gasteiger partial charge in [-0.1, -0.05) is 42.1 Å². The molecule has 2 N–H and O–H groups in total. The van der Waals surface area contributed by atoms with E-state index in [1.54, 1.807) is 19.3 Å². The second-order valence-electron chi connectivity index (χ2n) is 5.94. The van der Waals surface area contributed by atoms with E-state index in [-0.39, 0.29) is 0 Å². The Morgan fingerprint density at radius 2 is 1.82 bits per heavy atom. The number of nitrogens with one attached hydrogen (secondary N) is 2. The first kappa shape index (κ1) is 19.6. The molecule has 8 nitrogen and oxygen atoms in total. The number of urea groups is 1. The number of benzene rings is 1. The Bertz CT molecular complexity index is 946. The summed E-state index contributed by atoms with van der Waals surface area (Å²) in [5.74, 6) is 0.289. The van der Waals surface area contributed by atoms with Gasteiger partial charge in [0.1, 0.15) is 0 Å². The molecule has 0 spiro atoms. The van der Waals surface area contributed by atoms with Crippen molar-refractivity contribution in [2.24, 2.45) is 0 Å². The lowest BCUT2D eigenvalue weighted by Gasteiger charge is -2.13. The van der Waals surface area contributed by atoms with Crippen molar-refractivity contribution in [2.45, 2.75) is 23.9 Å². The van der Waals surface area contributed by atoms with E-state index in [2.05, 4.69) is 25.8 Å². The molecule has 0 saturated heterocycles. The van der Waals surface area contributed by atoms with E-state index in [9.17, 15) is 9.59 Å². The van der Waals surface area contributed by atoms with E-state index in [4.69, 9.17) is 0 Å². The molecule has 28 heavy (non-hydrogen) atoms. The van der Waals surface area contributed by atoms with Gasteiger partial charge in [-0.25, -0.2) is 4.79 Å². The molecule has 144 valence electrons. The third-order valence-electron chi connectivity index (χ3n) is 3.95. The van der Waals surface area contributed by atoms with Crippen LogP contribution in [-0.4, -0.2) is 44.0 Å². The number of carbonyl (C=O) groups excluding carboxylic acids is 2. The summed E-state index contributed by atoms with van der Waals surface area (Å²) in [7, 11) is 1.46. The molecule has 0 aliphatic carbocycles. The predicted octanol–water partition coefficient (Wildman–Crippen LogP) is 2.32. The van der Waals surface area contributed by atoms with Gasteiger partial charge in [0.05, 0.1) is 11.8 Å². The molecule has 0 fully saturated rings. The van der Waals surface area contributed by atoms with Crippen LogP contribution in [-0.2, 0) is 11.3 Å². The highest BCUT2D eigenvalue weighted by atomic mass is 32.2. The fraction of sp³-hybridized carbons (Fsp3) is 0.211. The molecule has 1 atom stereocenters. The Balaban J connectivity index is 1.89. The van der Waals surface area contributed by atoms with Crippen molar-refractivity contribution in [1.29, 1.82) is 0 Å². The van der Waals surface area contributed by atoms with Crippen LogP contribution in [0.1, 0.15) is 12.5 Å². The minimum Gasteiger partial charge on any atom is -0.341 e. The van der Waals surface area contributed by atoms with Gasteiger partial charge in [-0.05, 0) is 24.6 Å². The third kappa shape index (κ3) is 4.74. The van der Waals surface area contributed by atoms with Crippen molar-refractivity contribution in [3.63, 3.8) is 0 Å². The maximum Gasteiger partial charge on any atom is 0.321 e. The fourth-order valence-electron chi connectivity index (χ4n) is 2.49. The number of hydrogen-bond acceptors (Lipinski definition) is 6. The number of thioether (sulfide) groups is 1. The van der Waals surface area contributed by atoms with Gasteiger partial charge in [-0.2, -0.15) is 0 Å². The minimum absolute atomic E-state index is 0.399. The largest absolute Gasteiger partial charge is 0.341 e. The van der Waals surface area contributed by atoms with Crippen molar-refractivity contribution >= 4 is 23.7 Å². The standard InChI is InChI=1S/C19H20N6O2S/c1-13(17(26)22-18(27)20-2)28-19-24-23-16(15-8-10-21-11-9-15)25(19)12-14-6-4-3-5-7-14/h3-11,13H,12H2,1-2H3,(H2,20,22,26,27)/t13-/m0/s1. The van der Waals surface area contributed by atoms with Crippen LogP contribution in [0.3, 0.4) is 0 Å². The highest BCUT2D eigenvalue weighted by Gasteiger charge is 2.22. The van der Waals surface area contributed by atoms with Crippen LogP contribution in [0, 0.1) is 0 Å². The summed E-state index contributed by atoms with van der Waals surface area (Å²) in [5.41, 5.74) is 1.97. The van der Waals surface area contributed by atoms with Crippen LogP contribution in [0.15, 0.2) is 60.0 Å². The first-order valence-electron chi connectivity index (χ1n) is 8.65. The van der Waals surface area contributed by atoms with Gasteiger partial charge >= 0.3 is 6.03 Å². The number of carbonyl (C=O) groups is 2. The van der Waals surface area contributed by atoms with Crippen LogP contribution in [0.25, 0.3) is 11.4 Å². The first-order chi connectivity index (χ1) is 13.6. The normalized spacial score (nSPS) is 11.6. The number of aromatic nitrogens is 4. The quantitative estimate of drug-likeness (QED) is 0.620. The van der Waals surface area contributed by atoms with Crippen LogP contribution in [0.2, 0.25) is 0 Å². The summed E-state index contributed by atoms with van der Waals surface area (Å²) in [4.78, 5) is 27.6. The Morgan fingerprint density at radius 3 is 2.50 bits per heavy atom. The van der Waals surface area contributed by atoms with E-state index < -0.39 is 17.2 Å². The summed E-state index contributed by atoms with van der Waals surface area (Å²) in [5, 5.41) is 13.3. The smallest absolute Gasteiger partial charge is 0.321 e. The number of hydrogen-bond donors (Lipinski definition) is 2. The maximum absolute atomic E-state index is 12.2. The molecule has 0 unspecified atom stereocenters. The topological polar surface area (TPSA) is 102 Å². The molecule has 0 aliphatic rings. The highest BCUT2D eigenvalue weighted by Crippen LogP contribution is 2.27. The molecule has 2 heterocycles. The summed E-state index contributed by atoms with van der Waals surface area (Å²) < 4.78 is 1.96. The lowest BCUT2D eigenvalue weighted by Crippen LogP contribution is -2.41. The van der Waals surface area contributed by atoms with Gasteiger partial charge in [0.2, 0.25) is 5.91 Å². The first-order valence-corrected chi connectivity index (χ1v) is 9.53. The lowest BCUT2D eigenvalue weighted by molar-refractivity contribution is -0.119. The fourth-order valence-corrected chi connectivity index (χ4v) is 3.34. The second-order valence-corrected chi connectivity index (χ2v) is 7.25. The van der Waals surface area contributed by atoms with Crippen LogP contribution >= 0.6 is 11.8 Å². The van der Waals surface area contributed by atoms with Gasteiger partial charge in [-0.15, -0.1) is 10.2 Å². The molecule has 9 heteroatoms. The predicted molar refractivity (Wildman–Crippen MR) is 107 cm³/mol. The molecular formula is C19H20N6O2S. The average Bonchev–Trinajstić information content (AvgIpc) is 3.11. The average molecular weight is 396 g/mol. The minimum atomic E-state index is -0.541. The highest BCUT2D eigenvalue weighted by molar-refractivity contribution is 8.00. The van der Waals surface area contributed by atoms with Crippen LogP contribution < -0.4 is 10.6 Å². The Hall–Kier alpha value is -3.20. The number of rotatable bonds is 6. The molecular weight excluding hydrogens is 376 g/mol. The van der Waals surface area contributed by atoms with Gasteiger partial charge in [0, 0.05) is 25.0 Å². The van der Waals surface area contributed by atoms with Crippen LogP contribution in [0.5, 0.6) is 0 Å². The molecule has 3 rings (SSSR count). The zero-order valence-electron chi connectivity index (χ0n) is 15.5. The molecule has 0 bridgehead atoms. The molecule has 0 aliphatic heterocycles. The molecule has 3 aromatic rings. The number of imide groups is 1. The number of amides is 3. The molecule has 0 saturated carbocycles. The van der Waals surface area contributed by atoms with E-state index in [1.165, 1.54) is 18.8 Å². The SMILES string of the molecule is CNC(=O)NC(=O)[C@H](C)Sc1nnc(-c2ccncc2)n1Cc1ccccc1. The van der Waals surface area contributed by atoms with Crippen molar-refractivity contribution in [1.82, 2.24) is 30.4 Å². The van der Waals surface area contributed by atoms with Crippen molar-refractivity contribution < 1.29 is 9.59 Å². The zero-order chi connectivity index (χ0) is 19.9. The summed E-state index contributed by atoms with van der Waals surface area (Å²) in [6, 6.07) is 13.1. The lowest BCUT2D eigenvalue weighted by atomic mass is 10.2. The van der Waals surface area contributed by atoms with Gasteiger partial charge in [-0.3, -0.25) is 19.7 Å². The van der Waals surface area contributed by atoms with E-state index >= 15 is 0 Å². The molecule has 1 aromatic carbocycles. The van der Waals surface area contributed by atoms with E-state index in [0.29, 0.717) is 17.5 Å². The van der Waals surface area contributed by atoms with E-state index in [0.717, 1.165) is 11.1 Å². The molecule has 2 aromatic heterocycles. The second kappa shape index (κ2) is 9.14. The number of nitrogens with zero attached hydrogens (tertiary/aromatic N) is 4. The summed E-state index contributed by atoms with van der Waals surface area (Å²) in [6.45, 7) is 2.27. The van der Waals surface area contributed by atoms with Gasteiger partial charge in [0.25, 0.3) is 0 Å². The van der Waals surface area contributed by atoms with Crippen molar-refractivity contribution in [2.75, 3.05) is 7.05 Å². The van der Waals surface area contributed by atoms with Gasteiger partial charge < -0.3 is 5.32 Å². The number of pyridine rings is 1. The van der Waals surface area contributed by atoms with Crippen LogP contribution in [0.4, 0.5) is 4.79 Å². The van der Waals surface area contributed by atoms with Gasteiger partial charge in [0.15, 0.2) is 11.0 Å². The van der Waals surface area contributed by atoms with Crippen molar-refractivity contribution in [3.8, 4) is 11.4 Å². The summed E-state index contributed by atoms with van der Waals surface area (Å²) in [6.07, 6.45) is 3.40. The third-order valence-corrected chi connectivity index (χ3v) is 5.03.